The van der Waals surface area contributed by atoms with E-state index in [9.17, 15) is 9.59 Å². The van der Waals surface area contributed by atoms with Crippen LogP contribution in [0.1, 0.15) is 35.2 Å². The Kier molecular flexibility index (Phi) is 10.4. The zero-order valence-corrected chi connectivity index (χ0v) is 16.5. The van der Waals surface area contributed by atoms with Crippen LogP contribution < -0.4 is 10.6 Å². The molecule has 1 aromatic carbocycles. The molecular weight excluding hydrogens is 360 g/mol. The van der Waals surface area contributed by atoms with E-state index in [1.54, 1.807) is 12.1 Å². The predicted molar refractivity (Wildman–Crippen MR) is 110 cm³/mol. The molecule has 1 rings (SSSR count). The van der Waals surface area contributed by atoms with E-state index in [1.165, 1.54) is 0 Å². The van der Waals surface area contributed by atoms with Gasteiger partial charge in [0.1, 0.15) is 0 Å². The largest absolute Gasteiger partial charge is 0.351 e. The molecule has 0 aromatic heterocycles. The number of benzene rings is 1. The van der Waals surface area contributed by atoms with Gasteiger partial charge in [-0.15, -0.1) is 0 Å². The average Bonchev–Trinajstić information content (AvgIpc) is 2.57. The normalized spacial score (nSPS) is 13.2. The molecule has 0 saturated heterocycles. The summed E-state index contributed by atoms with van der Waals surface area (Å²) in [4.78, 5) is 24.1. The molecule has 0 spiro atoms. The van der Waals surface area contributed by atoms with Gasteiger partial charge in [-0.1, -0.05) is 17.7 Å². The van der Waals surface area contributed by atoms with Gasteiger partial charge < -0.3 is 10.6 Å². The summed E-state index contributed by atoms with van der Waals surface area (Å²) < 4.78 is 0. The van der Waals surface area contributed by atoms with Crippen molar-refractivity contribution in [1.29, 1.82) is 0 Å². The zero-order valence-electron chi connectivity index (χ0n) is 13.9. The van der Waals surface area contributed by atoms with E-state index >= 15 is 0 Å². The monoisotopic (exact) mass is 386 g/mol. The third-order valence-corrected chi connectivity index (χ3v) is 4.82. The van der Waals surface area contributed by atoms with Gasteiger partial charge in [-0.05, 0) is 49.8 Å². The summed E-state index contributed by atoms with van der Waals surface area (Å²) in [6, 6.07) is 7.18. The highest BCUT2D eigenvalue weighted by Crippen LogP contribution is 2.13. The lowest BCUT2D eigenvalue weighted by Crippen LogP contribution is -2.46. The summed E-state index contributed by atoms with van der Waals surface area (Å²) in [5, 5.41) is 5.64. The van der Waals surface area contributed by atoms with Gasteiger partial charge in [0.2, 0.25) is 5.91 Å². The van der Waals surface area contributed by atoms with Crippen molar-refractivity contribution in [3.8, 4) is 0 Å². The molecule has 0 aliphatic carbocycles. The first-order valence-corrected chi connectivity index (χ1v) is 9.80. The van der Waals surface area contributed by atoms with Crippen LogP contribution in [0.5, 0.6) is 0 Å². The first-order chi connectivity index (χ1) is 11.5. The van der Waals surface area contributed by atoms with Crippen molar-refractivity contribution in [3.05, 3.63) is 35.4 Å². The second kappa shape index (κ2) is 11.7. The molecule has 7 heteroatoms. The van der Waals surface area contributed by atoms with Gasteiger partial charge in [-0.2, -0.15) is 37.9 Å². The van der Waals surface area contributed by atoms with Crippen molar-refractivity contribution in [2.75, 3.05) is 18.1 Å². The summed E-state index contributed by atoms with van der Waals surface area (Å²) in [7, 11) is 0. The molecule has 24 heavy (non-hydrogen) atoms. The molecule has 2 atom stereocenters. The molecule has 0 bridgehead atoms. The molecule has 0 heterocycles. The van der Waals surface area contributed by atoms with E-state index in [4.69, 9.17) is 0 Å². The molecular formula is C17H26N2O2S3. The standard InChI is InChI=1S/C17H26N2O2S3/c1-12-4-6-13(7-5-12)17(21)18-11-16(20)19-14(3-2-9-22)15(24)8-10-23/h4-7,14-15,22-24H,2-3,8-11H2,1H3,(H,18,21)(H,19,20). The van der Waals surface area contributed by atoms with Crippen LogP contribution in [-0.2, 0) is 4.79 Å². The maximum atomic E-state index is 12.1. The molecule has 0 radical (unpaired) electrons. The Balaban J connectivity index is 2.49. The van der Waals surface area contributed by atoms with E-state index in [0.717, 1.165) is 30.6 Å². The second-order valence-electron chi connectivity index (χ2n) is 5.67. The fourth-order valence-electron chi connectivity index (χ4n) is 2.23. The summed E-state index contributed by atoms with van der Waals surface area (Å²) in [6.45, 7) is 1.91. The Morgan fingerprint density at radius 3 is 2.33 bits per heavy atom. The van der Waals surface area contributed by atoms with Crippen LogP contribution in [0.15, 0.2) is 24.3 Å². The van der Waals surface area contributed by atoms with Gasteiger partial charge in [0.25, 0.3) is 5.91 Å². The Bertz CT molecular complexity index is 523. The second-order valence-corrected chi connectivity index (χ2v) is 7.23. The topological polar surface area (TPSA) is 58.2 Å². The fraction of sp³-hybridized carbons (Fsp3) is 0.529. The van der Waals surface area contributed by atoms with Crippen molar-refractivity contribution in [1.82, 2.24) is 10.6 Å². The minimum atomic E-state index is -0.255. The average molecular weight is 387 g/mol. The maximum Gasteiger partial charge on any atom is 0.251 e. The summed E-state index contributed by atoms with van der Waals surface area (Å²) in [5.41, 5.74) is 1.63. The number of hydrogen-bond acceptors (Lipinski definition) is 5. The lowest BCUT2D eigenvalue weighted by atomic mass is 10.1. The number of carbonyl (C=O) groups is 2. The fourth-order valence-corrected chi connectivity index (χ4v) is 3.25. The molecule has 2 amide bonds. The van der Waals surface area contributed by atoms with Crippen molar-refractivity contribution in [3.63, 3.8) is 0 Å². The minimum absolute atomic E-state index is 0.0409. The van der Waals surface area contributed by atoms with Crippen molar-refractivity contribution >= 4 is 49.7 Å². The molecule has 1 aromatic rings. The highest BCUT2D eigenvalue weighted by atomic mass is 32.1. The lowest BCUT2D eigenvalue weighted by molar-refractivity contribution is -0.120. The molecule has 2 unspecified atom stereocenters. The van der Waals surface area contributed by atoms with Gasteiger partial charge in [0.05, 0.1) is 6.54 Å². The summed E-state index contributed by atoms with van der Waals surface area (Å²) in [5.74, 6) is 1.01. The zero-order chi connectivity index (χ0) is 17.9. The SMILES string of the molecule is Cc1ccc(C(=O)NCC(=O)NC(CCCS)C(S)CCS)cc1. The third kappa shape index (κ3) is 7.85. The van der Waals surface area contributed by atoms with E-state index in [1.807, 2.05) is 19.1 Å². The number of hydrogen-bond donors (Lipinski definition) is 5. The summed E-state index contributed by atoms with van der Waals surface area (Å²) >= 11 is 13.0. The smallest absolute Gasteiger partial charge is 0.251 e. The van der Waals surface area contributed by atoms with Crippen LogP contribution in [0.2, 0.25) is 0 Å². The van der Waals surface area contributed by atoms with Crippen molar-refractivity contribution < 1.29 is 9.59 Å². The Labute approximate surface area is 160 Å². The van der Waals surface area contributed by atoms with E-state index in [0.29, 0.717) is 11.3 Å². The van der Waals surface area contributed by atoms with Crippen LogP contribution in [0.25, 0.3) is 0 Å². The molecule has 2 N–H and O–H groups in total. The molecule has 0 fully saturated rings. The molecule has 0 aliphatic rings. The van der Waals surface area contributed by atoms with Gasteiger partial charge in [0.15, 0.2) is 0 Å². The minimum Gasteiger partial charge on any atom is -0.351 e. The highest BCUT2D eigenvalue weighted by Gasteiger charge is 2.19. The van der Waals surface area contributed by atoms with E-state index in [-0.39, 0.29) is 29.7 Å². The number of thiol groups is 3. The van der Waals surface area contributed by atoms with Gasteiger partial charge in [0, 0.05) is 16.9 Å². The Morgan fingerprint density at radius 2 is 1.75 bits per heavy atom. The maximum absolute atomic E-state index is 12.1. The molecule has 0 aliphatic heterocycles. The Morgan fingerprint density at radius 1 is 1.08 bits per heavy atom. The van der Waals surface area contributed by atoms with Crippen molar-refractivity contribution in [2.24, 2.45) is 0 Å². The quantitative estimate of drug-likeness (QED) is 0.401. The number of aryl methyl sites for hydroxylation is 1. The third-order valence-electron chi connectivity index (χ3n) is 3.63. The molecule has 134 valence electrons. The Hall–Kier alpha value is -0.790. The predicted octanol–water partition coefficient (Wildman–Crippen LogP) is 2.54. The number of nitrogens with one attached hydrogen (secondary N) is 2. The highest BCUT2D eigenvalue weighted by molar-refractivity contribution is 7.81. The van der Waals surface area contributed by atoms with Gasteiger partial charge in [-0.25, -0.2) is 0 Å². The lowest BCUT2D eigenvalue weighted by Gasteiger charge is -2.24. The number of amides is 2. The number of rotatable bonds is 10. The van der Waals surface area contributed by atoms with Gasteiger partial charge >= 0.3 is 0 Å². The van der Waals surface area contributed by atoms with Crippen LogP contribution in [-0.4, -0.2) is 41.2 Å². The van der Waals surface area contributed by atoms with E-state index in [2.05, 4.69) is 48.5 Å². The van der Waals surface area contributed by atoms with Crippen molar-refractivity contribution in [2.45, 2.75) is 37.5 Å². The van der Waals surface area contributed by atoms with E-state index < -0.39 is 0 Å². The van der Waals surface area contributed by atoms with Crippen LogP contribution in [0, 0.1) is 6.92 Å². The first-order valence-electron chi connectivity index (χ1n) is 8.02. The van der Waals surface area contributed by atoms with Crippen LogP contribution in [0.4, 0.5) is 0 Å². The molecule has 4 nitrogen and oxygen atoms in total. The van der Waals surface area contributed by atoms with Crippen LogP contribution >= 0.6 is 37.9 Å². The molecule has 0 saturated carbocycles. The van der Waals surface area contributed by atoms with Crippen LogP contribution in [0.3, 0.4) is 0 Å². The van der Waals surface area contributed by atoms with Gasteiger partial charge in [-0.3, -0.25) is 9.59 Å². The first kappa shape index (κ1) is 21.3. The number of carbonyl (C=O) groups excluding carboxylic acids is 2. The summed E-state index contributed by atoms with van der Waals surface area (Å²) in [6.07, 6.45) is 2.51.